The molecule has 0 unspecified atom stereocenters. The highest BCUT2D eigenvalue weighted by Gasteiger charge is 2.33. The largest absolute Gasteiger partial charge is 0.497 e. The van der Waals surface area contributed by atoms with Crippen LogP contribution in [0.2, 0.25) is 0 Å². The van der Waals surface area contributed by atoms with Crippen molar-refractivity contribution in [2.24, 2.45) is 0 Å². The maximum atomic E-state index is 13.0. The van der Waals surface area contributed by atoms with E-state index in [1.165, 1.54) is 13.2 Å². The van der Waals surface area contributed by atoms with Crippen molar-refractivity contribution in [3.63, 3.8) is 0 Å². The molecule has 9 heteroatoms. The van der Waals surface area contributed by atoms with Crippen molar-refractivity contribution >= 4 is 16.9 Å². The fourth-order valence-corrected chi connectivity index (χ4v) is 3.95. The van der Waals surface area contributed by atoms with Gasteiger partial charge in [0.15, 0.2) is 0 Å². The lowest BCUT2D eigenvalue weighted by molar-refractivity contribution is -0.140. The molecule has 0 saturated carbocycles. The number of aromatic amines is 1. The molecule has 3 aromatic rings. The second kappa shape index (κ2) is 8.13. The van der Waals surface area contributed by atoms with Crippen LogP contribution in [-0.4, -0.2) is 48.1 Å². The molecule has 1 N–H and O–H groups in total. The third-order valence-corrected chi connectivity index (χ3v) is 5.65. The number of amides is 1. The zero-order chi connectivity index (χ0) is 22.2. The molecule has 164 valence electrons. The van der Waals surface area contributed by atoms with Crippen molar-refractivity contribution in [2.75, 3.05) is 27.3 Å². The second-order valence-electron chi connectivity index (χ2n) is 7.48. The molecule has 1 amide bonds. The molecular formula is C22H22F3N3O3. The normalized spacial score (nSPS) is 15.3. The average Bonchev–Trinajstić information content (AvgIpc) is 3.21. The summed E-state index contributed by atoms with van der Waals surface area (Å²) >= 11 is 0. The smallest absolute Gasteiger partial charge is 0.433 e. The number of fused-ring (bicyclic) bond motifs is 1. The number of benzene rings is 1. The van der Waals surface area contributed by atoms with E-state index in [0.717, 1.165) is 11.8 Å². The Labute approximate surface area is 177 Å². The maximum Gasteiger partial charge on any atom is 0.433 e. The van der Waals surface area contributed by atoms with Gasteiger partial charge in [0.1, 0.15) is 17.2 Å². The van der Waals surface area contributed by atoms with Gasteiger partial charge in [0.25, 0.3) is 5.91 Å². The predicted octanol–water partition coefficient (Wildman–Crippen LogP) is 4.62. The third kappa shape index (κ3) is 4.17. The Bertz CT molecular complexity index is 1100. The number of H-pyrrole nitrogens is 1. The molecule has 2 aromatic heterocycles. The van der Waals surface area contributed by atoms with Crippen LogP contribution in [0.15, 0.2) is 36.4 Å². The van der Waals surface area contributed by atoms with Gasteiger partial charge in [0, 0.05) is 30.8 Å². The number of aromatic nitrogens is 2. The zero-order valence-electron chi connectivity index (χ0n) is 17.1. The van der Waals surface area contributed by atoms with Crippen LogP contribution >= 0.6 is 0 Å². The number of nitrogens with zero attached hydrogens (tertiary/aromatic N) is 2. The minimum Gasteiger partial charge on any atom is -0.497 e. The molecule has 0 atom stereocenters. The van der Waals surface area contributed by atoms with Gasteiger partial charge in [-0.25, -0.2) is 4.98 Å². The van der Waals surface area contributed by atoms with Crippen molar-refractivity contribution in [3.05, 3.63) is 53.3 Å². The van der Waals surface area contributed by atoms with E-state index >= 15 is 0 Å². The van der Waals surface area contributed by atoms with E-state index in [2.05, 4.69) is 9.97 Å². The van der Waals surface area contributed by atoms with Crippen LogP contribution in [-0.2, 0) is 6.18 Å². The number of hydrogen-bond acceptors (Lipinski definition) is 4. The number of carbonyl (C=O) groups excluding carboxylic acids is 1. The molecule has 0 bridgehead atoms. The van der Waals surface area contributed by atoms with Crippen molar-refractivity contribution < 1.29 is 27.4 Å². The van der Waals surface area contributed by atoms with Gasteiger partial charge in [0.2, 0.25) is 0 Å². The van der Waals surface area contributed by atoms with E-state index in [0.29, 0.717) is 54.0 Å². The van der Waals surface area contributed by atoms with E-state index in [4.69, 9.17) is 9.47 Å². The summed E-state index contributed by atoms with van der Waals surface area (Å²) in [6.45, 7) is 1.07. The first-order valence-corrected chi connectivity index (χ1v) is 9.88. The van der Waals surface area contributed by atoms with Gasteiger partial charge in [-0.05, 0) is 43.2 Å². The highest BCUT2D eigenvalue weighted by molar-refractivity contribution is 5.97. The Morgan fingerprint density at radius 3 is 2.48 bits per heavy atom. The Balaban J connectivity index is 1.47. The van der Waals surface area contributed by atoms with E-state index in [-0.39, 0.29) is 11.8 Å². The third-order valence-electron chi connectivity index (χ3n) is 5.65. The molecule has 0 radical (unpaired) electrons. The number of likely N-dealkylation sites (tertiary alicyclic amines) is 1. The molecule has 3 heterocycles. The Kier molecular flexibility index (Phi) is 5.51. The standard InChI is InChI=1S/C22H22F3N3O3/c1-30-14-3-4-15(19(11-14)31-2)21(29)28-9-7-13(8-10-28)17-12-18-16(26-17)5-6-20(27-18)22(23,24)25/h3-6,11-13,26H,7-10H2,1-2H3. The monoisotopic (exact) mass is 433 g/mol. The summed E-state index contributed by atoms with van der Waals surface area (Å²) in [6.07, 6.45) is -3.08. The Morgan fingerprint density at radius 1 is 1.10 bits per heavy atom. The van der Waals surface area contributed by atoms with Gasteiger partial charge in [-0.2, -0.15) is 13.2 Å². The SMILES string of the molecule is COc1ccc(C(=O)N2CCC(c3cc4nc(C(F)(F)F)ccc4[nH]3)CC2)c(OC)c1. The Hall–Kier alpha value is -3.23. The maximum absolute atomic E-state index is 13.0. The number of ether oxygens (including phenoxy) is 2. The number of hydrogen-bond donors (Lipinski definition) is 1. The molecule has 1 fully saturated rings. The summed E-state index contributed by atoms with van der Waals surface area (Å²) in [4.78, 5) is 21.7. The number of rotatable bonds is 4. The first-order chi connectivity index (χ1) is 14.8. The van der Waals surface area contributed by atoms with Crippen LogP contribution in [0.3, 0.4) is 0 Å². The van der Waals surface area contributed by atoms with Crippen molar-refractivity contribution in [1.82, 2.24) is 14.9 Å². The molecule has 1 aromatic carbocycles. The van der Waals surface area contributed by atoms with Crippen LogP contribution in [0.4, 0.5) is 13.2 Å². The summed E-state index contributed by atoms with van der Waals surface area (Å²) < 4.78 is 49.2. The quantitative estimate of drug-likeness (QED) is 0.652. The first-order valence-electron chi connectivity index (χ1n) is 9.88. The number of carbonyl (C=O) groups is 1. The topological polar surface area (TPSA) is 67.5 Å². The number of nitrogens with one attached hydrogen (secondary N) is 1. The number of methoxy groups -OCH3 is 2. The molecule has 6 nitrogen and oxygen atoms in total. The van der Waals surface area contributed by atoms with E-state index in [1.807, 2.05) is 0 Å². The molecule has 0 aliphatic carbocycles. The summed E-state index contributed by atoms with van der Waals surface area (Å²) in [5, 5.41) is 0. The fraction of sp³-hybridized carbons (Fsp3) is 0.364. The van der Waals surface area contributed by atoms with Crippen molar-refractivity contribution in [3.8, 4) is 11.5 Å². The van der Waals surface area contributed by atoms with Crippen LogP contribution in [0.25, 0.3) is 11.0 Å². The molecule has 31 heavy (non-hydrogen) atoms. The Morgan fingerprint density at radius 2 is 1.84 bits per heavy atom. The van der Waals surface area contributed by atoms with Crippen LogP contribution in [0.5, 0.6) is 11.5 Å². The van der Waals surface area contributed by atoms with Gasteiger partial charge in [-0.15, -0.1) is 0 Å². The van der Waals surface area contributed by atoms with Gasteiger partial charge >= 0.3 is 6.18 Å². The van der Waals surface area contributed by atoms with Crippen LogP contribution in [0.1, 0.15) is 40.5 Å². The second-order valence-corrected chi connectivity index (χ2v) is 7.48. The average molecular weight is 433 g/mol. The summed E-state index contributed by atoms with van der Waals surface area (Å²) in [5.41, 5.74) is 1.28. The van der Waals surface area contributed by atoms with Crippen LogP contribution in [0, 0.1) is 0 Å². The molecule has 1 aliphatic heterocycles. The van der Waals surface area contributed by atoms with E-state index < -0.39 is 11.9 Å². The van der Waals surface area contributed by atoms with Crippen molar-refractivity contribution in [1.29, 1.82) is 0 Å². The molecule has 0 spiro atoms. The fourth-order valence-electron chi connectivity index (χ4n) is 3.95. The summed E-state index contributed by atoms with van der Waals surface area (Å²) in [5.74, 6) is 1.05. The molecule has 1 saturated heterocycles. The lowest BCUT2D eigenvalue weighted by atomic mass is 9.93. The summed E-state index contributed by atoms with van der Waals surface area (Å²) in [7, 11) is 3.05. The zero-order valence-corrected chi connectivity index (χ0v) is 17.1. The van der Waals surface area contributed by atoms with Gasteiger partial charge in [-0.1, -0.05) is 0 Å². The van der Waals surface area contributed by atoms with Gasteiger partial charge < -0.3 is 19.4 Å². The molecule has 4 rings (SSSR count). The lowest BCUT2D eigenvalue weighted by Crippen LogP contribution is -2.38. The molecular weight excluding hydrogens is 411 g/mol. The van der Waals surface area contributed by atoms with Crippen LogP contribution < -0.4 is 9.47 Å². The number of alkyl halides is 3. The minimum atomic E-state index is -4.47. The number of piperidine rings is 1. The highest BCUT2D eigenvalue weighted by atomic mass is 19.4. The lowest BCUT2D eigenvalue weighted by Gasteiger charge is -2.32. The summed E-state index contributed by atoms with van der Waals surface area (Å²) in [6, 6.07) is 9.14. The molecule has 1 aliphatic rings. The van der Waals surface area contributed by atoms with E-state index in [9.17, 15) is 18.0 Å². The van der Waals surface area contributed by atoms with Gasteiger partial charge in [-0.3, -0.25) is 4.79 Å². The van der Waals surface area contributed by atoms with E-state index in [1.54, 1.807) is 36.3 Å². The predicted molar refractivity (Wildman–Crippen MR) is 109 cm³/mol. The number of pyridine rings is 1. The highest BCUT2D eigenvalue weighted by Crippen LogP contribution is 2.33. The van der Waals surface area contributed by atoms with Gasteiger partial charge in [0.05, 0.1) is 30.8 Å². The first kappa shape index (κ1) is 21.0. The minimum absolute atomic E-state index is 0.116. The van der Waals surface area contributed by atoms with Crippen molar-refractivity contribution in [2.45, 2.75) is 24.9 Å². The number of halogens is 3.